The summed E-state index contributed by atoms with van der Waals surface area (Å²) < 4.78 is 1.15. The van der Waals surface area contributed by atoms with E-state index in [9.17, 15) is 9.59 Å². The topological polar surface area (TPSA) is 64.7 Å². The molecule has 1 aromatic carbocycles. The van der Waals surface area contributed by atoms with E-state index >= 15 is 0 Å². The molecule has 3 rings (SSSR count). The summed E-state index contributed by atoms with van der Waals surface area (Å²) in [6.45, 7) is 7.41. The summed E-state index contributed by atoms with van der Waals surface area (Å²) in [7, 11) is 0. The summed E-state index contributed by atoms with van der Waals surface area (Å²) >= 11 is 5.26. The third kappa shape index (κ3) is 6.82. The van der Waals surface area contributed by atoms with Gasteiger partial charge in [0.2, 0.25) is 0 Å². The standard InChI is InChI=1S/C22H29BrN4O2S/c1-2-3-10-24-21(28)18-6-4-17(5-7-18)15-25-22(29)27-13-11-26(12-14-27)16-19-8-9-20(23)30-19/h4-9H,2-3,10-16H2,1H3,(H,24,28)(H,25,29). The number of amides is 3. The molecule has 0 saturated carbocycles. The fraction of sp³-hybridized carbons (Fsp3) is 0.455. The van der Waals surface area contributed by atoms with Crippen LogP contribution in [0.25, 0.3) is 0 Å². The molecule has 0 atom stereocenters. The van der Waals surface area contributed by atoms with Crippen LogP contribution < -0.4 is 10.6 Å². The Morgan fingerprint density at radius 3 is 2.40 bits per heavy atom. The second-order valence-corrected chi connectivity index (χ2v) is 9.98. The molecule has 8 heteroatoms. The van der Waals surface area contributed by atoms with Crippen molar-refractivity contribution in [3.63, 3.8) is 0 Å². The molecule has 1 fully saturated rings. The molecule has 0 aliphatic carbocycles. The number of benzene rings is 1. The Bertz CT molecular complexity index is 832. The minimum atomic E-state index is -0.0492. The first kappa shape index (κ1) is 22.8. The first-order chi connectivity index (χ1) is 14.5. The number of hydrogen-bond donors (Lipinski definition) is 2. The van der Waals surface area contributed by atoms with Crippen LogP contribution in [0.4, 0.5) is 4.79 Å². The van der Waals surface area contributed by atoms with Gasteiger partial charge in [0.25, 0.3) is 5.91 Å². The van der Waals surface area contributed by atoms with Crippen molar-refractivity contribution in [2.45, 2.75) is 32.9 Å². The van der Waals surface area contributed by atoms with Crippen LogP contribution in [0.1, 0.15) is 40.6 Å². The molecule has 1 saturated heterocycles. The highest BCUT2D eigenvalue weighted by Gasteiger charge is 2.21. The molecule has 6 nitrogen and oxygen atoms in total. The van der Waals surface area contributed by atoms with Crippen molar-refractivity contribution in [1.29, 1.82) is 0 Å². The van der Waals surface area contributed by atoms with Gasteiger partial charge >= 0.3 is 6.03 Å². The highest BCUT2D eigenvalue weighted by atomic mass is 79.9. The molecular formula is C22H29BrN4O2S. The SMILES string of the molecule is CCCCNC(=O)c1ccc(CNC(=O)N2CCN(Cc3ccc(Br)s3)CC2)cc1. The number of nitrogens with zero attached hydrogens (tertiary/aromatic N) is 2. The number of nitrogens with one attached hydrogen (secondary N) is 2. The van der Waals surface area contributed by atoms with Crippen molar-refractivity contribution in [3.8, 4) is 0 Å². The normalized spacial score (nSPS) is 14.5. The largest absolute Gasteiger partial charge is 0.352 e. The Morgan fingerprint density at radius 1 is 1.03 bits per heavy atom. The number of thiophene rings is 1. The van der Waals surface area contributed by atoms with Crippen molar-refractivity contribution >= 4 is 39.2 Å². The first-order valence-corrected chi connectivity index (χ1v) is 12.0. The minimum Gasteiger partial charge on any atom is -0.352 e. The van der Waals surface area contributed by atoms with Gasteiger partial charge in [-0.2, -0.15) is 0 Å². The molecule has 2 N–H and O–H groups in total. The molecule has 0 radical (unpaired) electrons. The van der Waals surface area contributed by atoms with Crippen molar-refractivity contribution in [3.05, 3.63) is 56.2 Å². The molecule has 1 aliphatic heterocycles. The van der Waals surface area contributed by atoms with Gasteiger partial charge in [-0.25, -0.2) is 4.79 Å². The number of halogens is 1. The van der Waals surface area contributed by atoms with E-state index < -0.39 is 0 Å². The molecule has 1 aliphatic rings. The van der Waals surface area contributed by atoms with E-state index in [1.165, 1.54) is 4.88 Å². The lowest BCUT2D eigenvalue weighted by Gasteiger charge is -2.34. The van der Waals surface area contributed by atoms with Gasteiger partial charge in [0, 0.05) is 56.3 Å². The van der Waals surface area contributed by atoms with Gasteiger partial charge in [-0.05, 0) is 52.2 Å². The predicted molar refractivity (Wildman–Crippen MR) is 125 cm³/mol. The lowest BCUT2D eigenvalue weighted by molar-refractivity contribution is 0.0953. The maximum absolute atomic E-state index is 12.5. The van der Waals surface area contributed by atoms with Crippen LogP contribution >= 0.6 is 27.3 Å². The number of carbonyl (C=O) groups is 2. The number of rotatable bonds is 8. The molecule has 1 aromatic heterocycles. The number of piperazine rings is 1. The Labute approximate surface area is 190 Å². The Morgan fingerprint density at radius 2 is 1.77 bits per heavy atom. The molecule has 0 unspecified atom stereocenters. The van der Waals surface area contributed by atoms with Gasteiger partial charge in [-0.1, -0.05) is 25.5 Å². The van der Waals surface area contributed by atoms with Crippen LogP contribution in [0.3, 0.4) is 0 Å². The van der Waals surface area contributed by atoms with Crippen molar-refractivity contribution in [1.82, 2.24) is 20.4 Å². The van der Waals surface area contributed by atoms with Crippen LogP contribution in [0.2, 0.25) is 0 Å². The summed E-state index contributed by atoms with van der Waals surface area (Å²) in [5.41, 5.74) is 1.63. The molecule has 2 aromatic rings. The van der Waals surface area contributed by atoms with Gasteiger partial charge in [0.1, 0.15) is 0 Å². The molecule has 0 bridgehead atoms. The van der Waals surface area contributed by atoms with Gasteiger partial charge < -0.3 is 15.5 Å². The van der Waals surface area contributed by atoms with Crippen molar-refractivity contribution in [2.24, 2.45) is 0 Å². The monoisotopic (exact) mass is 492 g/mol. The Balaban J connectivity index is 1.38. The highest BCUT2D eigenvalue weighted by molar-refractivity contribution is 9.11. The first-order valence-electron chi connectivity index (χ1n) is 10.4. The van der Waals surface area contributed by atoms with Crippen LogP contribution in [-0.2, 0) is 13.1 Å². The van der Waals surface area contributed by atoms with E-state index in [-0.39, 0.29) is 11.9 Å². The average Bonchev–Trinajstić information content (AvgIpc) is 3.17. The van der Waals surface area contributed by atoms with Crippen molar-refractivity contribution < 1.29 is 9.59 Å². The predicted octanol–water partition coefficient (Wildman–Crippen LogP) is 4.07. The maximum Gasteiger partial charge on any atom is 0.317 e. The summed E-state index contributed by atoms with van der Waals surface area (Å²) in [6, 6.07) is 11.6. The quantitative estimate of drug-likeness (QED) is 0.545. The third-order valence-corrected chi connectivity index (χ3v) is 6.75. The summed E-state index contributed by atoms with van der Waals surface area (Å²) in [6.07, 6.45) is 2.04. The molecular weight excluding hydrogens is 464 g/mol. The third-order valence-electron chi connectivity index (χ3n) is 5.14. The number of urea groups is 1. The van der Waals surface area contributed by atoms with Crippen LogP contribution in [0.15, 0.2) is 40.2 Å². The molecule has 0 spiro atoms. The van der Waals surface area contributed by atoms with E-state index in [1.807, 2.05) is 29.2 Å². The number of hydrogen-bond acceptors (Lipinski definition) is 4. The van der Waals surface area contributed by atoms with Gasteiger partial charge in [0.05, 0.1) is 3.79 Å². The summed E-state index contributed by atoms with van der Waals surface area (Å²) in [5.74, 6) is -0.0492. The van der Waals surface area contributed by atoms with Crippen LogP contribution in [0.5, 0.6) is 0 Å². The number of unbranched alkanes of at least 4 members (excludes halogenated alkanes) is 1. The lowest BCUT2D eigenvalue weighted by Crippen LogP contribution is -2.51. The van der Waals surface area contributed by atoms with Crippen LogP contribution in [0, 0.1) is 0 Å². The van der Waals surface area contributed by atoms with E-state index in [4.69, 9.17) is 0 Å². The average molecular weight is 493 g/mol. The fourth-order valence-electron chi connectivity index (χ4n) is 3.31. The van der Waals surface area contributed by atoms with Gasteiger partial charge in [0.15, 0.2) is 0 Å². The van der Waals surface area contributed by atoms with E-state index in [0.29, 0.717) is 18.7 Å². The maximum atomic E-state index is 12.5. The smallest absolute Gasteiger partial charge is 0.317 e. The lowest BCUT2D eigenvalue weighted by atomic mass is 10.1. The zero-order valence-corrected chi connectivity index (χ0v) is 19.7. The Kier molecular flexibility index (Phi) is 8.72. The van der Waals surface area contributed by atoms with E-state index in [1.54, 1.807) is 11.3 Å². The highest BCUT2D eigenvalue weighted by Crippen LogP contribution is 2.23. The minimum absolute atomic E-state index is 0.0325. The van der Waals surface area contributed by atoms with E-state index in [2.05, 4.69) is 50.5 Å². The van der Waals surface area contributed by atoms with Gasteiger partial charge in [-0.3, -0.25) is 9.69 Å². The molecule has 30 heavy (non-hydrogen) atoms. The second-order valence-electron chi connectivity index (χ2n) is 7.43. The number of carbonyl (C=O) groups excluding carboxylic acids is 2. The van der Waals surface area contributed by atoms with Gasteiger partial charge in [-0.15, -0.1) is 11.3 Å². The molecule has 3 amide bonds. The van der Waals surface area contributed by atoms with Crippen molar-refractivity contribution in [2.75, 3.05) is 32.7 Å². The molecule has 2 heterocycles. The zero-order chi connectivity index (χ0) is 21.3. The molecule has 162 valence electrons. The van der Waals surface area contributed by atoms with E-state index in [0.717, 1.165) is 54.9 Å². The summed E-state index contributed by atoms with van der Waals surface area (Å²) in [5, 5.41) is 5.90. The summed E-state index contributed by atoms with van der Waals surface area (Å²) in [4.78, 5) is 30.1. The zero-order valence-electron chi connectivity index (χ0n) is 17.3. The fourth-order valence-corrected chi connectivity index (χ4v) is 4.84. The van der Waals surface area contributed by atoms with Crippen LogP contribution in [-0.4, -0.2) is 54.5 Å². The Hall–Kier alpha value is -1.90. The second kappa shape index (κ2) is 11.5.